The summed E-state index contributed by atoms with van der Waals surface area (Å²) in [5.41, 5.74) is 0.152. The number of amides is 2. The van der Waals surface area contributed by atoms with Gasteiger partial charge < -0.3 is 5.11 Å². The van der Waals surface area contributed by atoms with Gasteiger partial charge >= 0.3 is 12.0 Å². The molecule has 0 atom stereocenters. The molecule has 0 bridgehead atoms. The molecule has 0 aromatic carbocycles. The smallest absolute Gasteiger partial charge is 0.358 e. The second-order valence-corrected chi connectivity index (χ2v) is 4.75. The van der Waals surface area contributed by atoms with Crippen LogP contribution in [0, 0.1) is 0 Å². The Morgan fingerprint density at radius 3 is 2.89 bits per heavy atom. The number of carbonyl (C=O) groups excluding carboxylic acids is 1. The van der Waals surface area contributed by atoms with Crippen LogP contribution in [-0.2, 0) is 0 Å². The van der Waals surface area contributed by atoms with E-state index in [-0.39, 0.29) is 18.1 Å². The summed E-state index contributed by atoms with van der Waals surface area (Å²) < 4.78 is 0.881. The third-order valence-electron chi connectivity index (χ3n) is 2.22. The van der Waals surface area contributed by atoms with Gasteiger partial charge in [-0.1, -0.05) is 0 Å². The minimum absolute atomic E-state index is 0.119. The number of hydrogen-bond acceptors (Lipinski definition) is 5. The first-order valence-electron chi connectivity index (χ1n) is 5.25. The maximum absolute atomic E-state index is 11.6. The van der Waals surface area contributed by atoms with Crippen molar-refractivity contribution < 1.29 is 14.7 Å². The van der Waals surface area contributed by atoms with Crippen molar-refractivity contribution in [3.8, 4) is 0 Å². The number of rotatable bonds is 3. The van der Waals surface area contributed by atoms with E-state index >= 15 is 0 Å². The van der Waals surface area contributed by atoms with E-state index in [2.05, 4.69) is 15.3 Å². The molecule has 0 aliphatic heterocycles. The first-order chi connectivity index (χ1) is 9.02. The molecule has 0 unspecified atom stereocenters. The summed E-state index contributed by atoms with van der Waals surface area (Å²) in [6, 6.07) is 1.00. The number of aromatic nitrogens is 2. The molecule has 19 heavy (non-hydrogen) atoms. The highest BCUT2D eigenvalue weighted by Crippen LogP contribution is 2.21. The summed E-state index contributed by atoms with van der Waals surface area (Å²) in [6.45, 7) is 1.95. The Morgan fingerprint density at radius 1 is 1.53 bits per heavy atom. The van der Waals surface area contributed by atoms with Crippen LogP contribution in [0.2, 0.25) is 0 Å². The molecule has 100 valence electrons. The van der Waals surface area contributed by atoms with Crippen molar-refractivity contribution in [3.63, 3.8) is 0 Å². The fraction of sp³-hybridized carbons (Fsp3) is 0.200. The van der Waals surface area contributed by atoms with Crippen LogP contribution in [0.3, 0.4) is 0 Å². The monoisotopic (exact) mass is 300 g/mol. The van der Waals surface area contributed by atoms with E-state index in [4.69, 9.17) is 16.9 Å². The van der Waals surface area contributed by atoms with Crippen LogP contribution in [0.1, 0.15) is 17.4 Å². The predicted octanol–water partition coefficient (Wildman–Crippen LogP) is 2.40. The molecule has 2 amide bonds. The maximum atomic E-state index is 11.6. The van der Waals surface area contributed by atoms with Gasteiger partial charge in [-0.3, -0.25) is 5.32 Å². The molecule has 0 radical (unpaired) electrons. The average molecular weight is 301 g/mol. The summed E-state index contributed by atoms with van der Waals surface area (Å²) in [7, 11) is 0. The number of urea groups is 1. The first kappa shape index (κ1) is 13.5. The number of thiophene rings is 1. The van der Waals surface area contributed by atoms with Crippen LogP contribution in [0.4, 0.5) is 10.6 Å². The normalized spacial score (nSPS) is 10.4. The lowest BCUT2D eigenvalue weighted by Crippen LogP contribution is -2.28. The van der Waals surface area contributed by atoms with Gasteiger partial charge in [0.15, 0.2) is 11.5 Å². The number of nitrogens with one attached hydrogen (secondary N) is 1. The molecule has 7 nitrogen and oxygen atoms in total. The number of anilines is 1. The summed E-state index contributed by atoms with van der Waals surface area (Å²) >= 11 is 6.92. The molecule has 2 heterocycles. The van der Waals surface area contributed by atoms with E-state index in [9.17, 15) is 9.59 Å². The standard InChI is InChI=1S/C10H9ClN4O3S/c1-2-15(11)10(18)14-7-6(9(16)17)12-5-3-4-19-8(5)13-7/h3-4H,2H2,1H3,(H,16,17)(H,13,14,18). The highest BCUT2D eigenvalue weighted by Gasteiger charge is 2.19. The summed E-state index contributed by atoms with van der Waals surface area (Å²) in [5.74, 6) is -1.39. The predicted molar refractivity (Wildman–Crippen MR) is 71.6 cm³/mol. The fourth-order valence-corrected chi connectivity index (χ4v) is 2.08. The van der Waals surface area contributed by atoms with Crippen LogP contribution in [0.15, 0.2) is 11.4 Å². The van der Waals surface area contributed by atoms with Gasteiger partial charge in [0.2, 0.25) is 0 Å². The molecular weight excluding hydrogens is 292 g/mol. The number of carbonyl (C=O) groups is 2. The van der Waals surface area contributed by atoms with Crippen LogP contribution >= 0.6 is 23.1 Å². The lowest BCUT2D eigenvalue weighted by atomic mass is 10.4. The zero-order valence-corrected chi connectivity index (χ0v) is 11.3. The van der Waals surface area contributed by atoms with Crippen molar-refractivity contribution in [2.45, 2.75) is 6.92 Å². The van der Waals surface area contributed by atoms with Gasteiger partial charge in [-0.25, -0.2) is 24.0 Å². The van der Waals surface area contributed by atoms with Gasteiger partial charge in [-0.05, 0) is 18.4 Å². The lowest BCUT2D eigenvalue weighted by Gasteiger charge is -2.12. The van der Waals surface area contributed by atoms with E-state index in [0.29, 0.717) is 10.3 Å². The Bertz CT molecular complexity index is 645. The zero-order valence-electron chi connectivity index (χ0n) is 9.75. The Morgan fingerprint density at radius 2 is 2.26 bits per heavy atom. The Hall–Kier alpha value is -1.93. The van der Waals surface area contributed by atoms with Crippen LogP contribution in [-0.4, -0.2) is 38.0 Å². The van der Waals surface area contributed by atoms with E-state index < -0.39 is 12.0 Å². The molecule has 9 heteroatoms. The molecule has 2 aromatic rings. The number of carboxylic acids is 1. The van der Waals surface area contributed by atoms with E-state index in [0.717, 1.165) is 4.42 Å². The molecule has 0 saturated heterocycles. The molecule has 2 N–H and O–H groups in total. The summed E-state index contributed by atoms with van der Waals surface area (Å²) in [5, 5.41) is 13.1. The topological polar surface area (TPSA) is 95.4 Å². The van der Waals surface area contributed by atoms with Gasteiger partial charge in [0.05, 0.1) is 0 Å². The largest absolute Gasteiger partial charge is 0.476 e. The molecule has 0 fully saturated rings. The molecule has 0 spiro atoms. The highest BCUT2D eigenvalue weighted by molar-refractivity contribution is 7.16. The Kier molecular flexibility index (Phi) is 3.82. The minimum Gasteiger partial charge on any atom is -0.476 e. The summed E-state index contributed by atoms with van der Waals surface area (Å²) in [6.07, 6.45) is 0. The second-order valence-electron chi connectivity index (χ2n) is 3.45. The Labute approximate surface area is 116 Å². The molecule has 2 rings (SSSR count). The zero-order chi connectivity index (χ0) is 14.0. The summed E-state index contributed by atoms with van der Waals surface area (Å²) in [4.78, 5) is 31.3. The maximum Gasteiger partial charge on any atom is 0.358 e. The Balaban J connectivity index is 2.42. The quantitative estimate of drug-likeness (QED) is 0.849. The number of nitrogens with zero attached hydrogens (tertiary/aromatic N) is 3. The molecular formula is C10H9ClN4O3S. The highest BCUT2D eigenvalue weighted by atomic mass is 35.5. The van der Waals surface area contributed by atoms with Gasteiger partial charge in [-0.15, -0.1) is 11.3 Å². The van der Waals surface area contributed by atoms with Crippen molar-refractivity contribution in [3.05, 3.63) is 17.1 Å². The van der Waals surface area contributed by atoms with Crippen LogP contribution in [0.5, 0.6) is 0 Å². The third kappa shape index (κ3) is 2.74. The van der Waals surface area contributed by atoms with E-state index in [1.54, 1.807) is 18.4 Å². The number of aromatic carboxylic acids is 1. The van der Waals surface area contributed by atoms with E-state index in [1.165, 1.54) is 11.3 Å². The van der Waals surface area contributed by atoms with Crippen LogP contribution in [0.25, 0.3) is 10.3 Å². The third-order valence-corrected chi connectivity index (χ3v) is 3.41. The molecule has 0 aliphatic rings. The molecule has 0 saturated carbocycles. The second kappa shape index (κ2) is 5.37. The van der Waals surface area contributed by atoms with Crippen molar-refractivity contribution in [2.24, 2.45) is 0 Å². The lowest BCUT2D eigenvalue weighted by molar-refractivity contribution is 0.0692. The average Bonchev–Trinajstić information content (AvgIpc) is 2.83. The van der Waals surface area contributed by atoms with Crippen LogP contribution < -0.4 is 5.32 Å². The van der Waals surface area contributed by atoms with Gasteiger partial charge in [0.1, 0.15) is 10.3 Å². The van der Waals surface area contributed by atoms with Crippen molar-refractivity contribution in [1.29, 1.82) is 0 Å². The first-order valence-corrected chi connectivity index (χ1v) is 6.47. The van der Waals surface area contributed by atoms with Gasteiger partial charge in [-0.2, -0.15) is 0 Å². The molecule has 2 aromatic heterocycles. The number of fused-ring (bicyclic) bond motifs is 1. The van der Waals surface area contributed by atoms with E-state index in [1.807, 2.05) is 0 Å². The van der Waals surface area contributed by atoms with Gasteiger partial charge in [0.25, 0.3) is 0 Å². The fourth-order valence-electron chi connectivity index (χ4n) is 1.33. The SMILES string of the molecule is CCN(Cl)C(=O)Nc1nc2sccc2nc1C(=O)O. The molecule has 0 aliphatic carbocycles. The van der Waals surface area contributed by atoms with Gasteiger partial charge in [0, 0.05) is 18.3 Å². The van der Waals surface area contributed by atoms with Crippen molar-refractivity contribution >= 4 is 51.3 Å². The number of halogens is 1. The van der Waals surface area contributed by atoms with Crippen molar-refractivity contribution in [1.82, 2.24) is 14.4 Å². The minimum atomic E-state index is -1.27. The van der Waals surface area contributed by atoms with Crippen molar-refractivity contribution in [2.75, 3.05) is 11.9 Å². The number of hydrogen-bond donors (Lipinski definition) is 2. The number of carboxylic acid groups (broad SMARTS) is 1.